The summed E-state index contributed by atoms with van der Waals surface area (Å²) in [5.74, 6) is 0.919. The standard InChI is InChI=1S/C16H21NO/c1-18-16-11-9-15(10-12-16)17-13-7-5-3-2-4-6-8-14-17/h2-5,9-12H,6-8,13-14H2,1H3/b4-2-,5-3-. The van der Waals surface area contributed by atoms with E-state index in [0.29, 0.717) is 0 Å². The molecule has 0 atom stereocenters. The van der Waals surface area contributed by atoms with Crippen LogP contribution in [0, 0.1) is 0 Å². The van der Waals surface area contributed by atoms with Crippen LogP contribution < -0.4 is 9.64 Å². The van der Waals surface area contributed by atoms with Crippen LogP contribution in [0.2, 0.25) is 0 Å². The Morgan fingerprint density at radius 2 is 1.67 bits per heavy atom. The number of hydrogen-bond acceptors (Lipinski definition) is 2. The first-order valence-electron chi connectivity index (χ1n) is 6.61. The molecule has 0 unspecified atom stereocenters. The van der Waals surface area contributed by atoms with E-state index in [2.05, 4.69) is 41.3 Å². The fraction of sp³-hybridized carbons (Fsp3) is 0.375. The van der Waals surface area contributed by atoms with E-state index in [4.69, 9.17) is 4.74 Å². The Balaban J connectivity index is 2.04. The molecule has 2 heteroatoms. The second-order valence-electron chi connectivity index (χ2n) is 4.47. The van der Waals surface area contributed by atoms with Crippen LogP contribution in [-0.4, -0.2) is 20.2 Å². The third-order valence-electron chi connectivity index (χ3n) is 3.19. The minimum atomic E-state index is 0.919. The van der Waals surface area contributed by atoms with Crippen LogP contribution in [0.1, 0.15) is 19.3 Å². The molecule has 0 aliphatic carbocycles. The predicted molar refractivity (Wildman–Crippen MR) is 77.3 cm³/mol. The highest BCUT2D eigenvalue weighted by Crippen LogP contribution is 2.20. The summed E-state index contributed by atoms with van der Waals surface area (Å²) in [5, 5.41) is 0. The van der Waals surface area contributed by atoms with Crippen molar-refractivity contribution < 1.29 is 4.74 Å². The monoisotopic (exact) mass is 243 g/mol. The van der Waals surface area contributed by atoms with E-state index in [1.165, 1.54) is 12.1 Å². The third kappa shape index (κ3) is 3.66. The SMILES string of the molecule is COc1ccc(N2CC/C=C\C=C/CCC2)cc1. The van der Waals surface area contributed by atoms with Crippen molar-refractivity contribution in [1.29, 1.82) is 0 Å². The molecular formula is C16H21NO. The highest BCUT2D eigenvalue weighted by molar-refractivity contribution is 5.49. The van der Waals surface area contributed by atoms with Crippen LogP contribution in [0.4, 0.5) is 5.69 Å². The van der Waals surface area contributed by atoms with Gasteiger partial charge in [-0.1, -0.05) is 24.3 Å². The Morgan fingerprint density at radius 3 is 2.39 bits per heavy atom. The molecular weight excluding hydrogens is 222 g/mol. The van der Waals surface area contributed by atoms with Gasteiger partial charge in [-0.2, -0.15) is 0 Å². The average Bonchev–Trinajstić information content (AvgIpc) is 2.45. The van der Waals surface area contributed by atoms with Crippen molar-refractivity contribution in [1.82, 2.24) is 0 Å². The van der Waals surface area contributed by atoms with Gasteiger partial charge in [0.1, 0.15) is 5.75 Å². The summed E-state index contributed by atoms with van der Waals surface area (Å²) in [6, 6.07) is 8.35. The van der Waals surface area contributed by atoms with Crippen molar-refractivity contribution >= 4 is 5.69 Å². The van der Waals surface area contributed by atoms with E-state index >= 15 is 0 Å². The fourth-order valence-electron chi connectivity index (χ4n) is 2.14. The molecule has 0 saturated carbocycles. The molecule has 0 bridgehead atoms. The molecule has 1 aliphatic heterocycles. The first-order valence-corrected chi connectivity index (χ1v) is 6.61. The molecule has 1 aromatic rings. The van der Waals surface area contributed by atoms with E-state index in [1.807, 2.05) is 12.1 Å². The molecule has 2 nitrogen and oxygen atoms in total. The number of nitrogens with zero attached hydrogens (tertiary/aromatic N) is 1. The van der Waals surface area contributed by atoms with Crippen LogP contribution in [0.25, 0.3) is 0 Å². The van der Waals surface area contributed by atoms with Gasteiger partial charge in [0.15, 0.2) is 0 Å². The highest BCUT2D eigenvalue weighted by atomic mass is 16.5. The molecule has 0 fully saturated rings. The van der Waals surface area contributed by atoms with Gasteiger partial charge in [0.05, 0.1) is 7.11 Å². The Bertz CT molecular complexity index is 406. The van der Waals surface area contributed by atoms with E-state index < -0.39 is 0 Å². The van der Waals surface area contributed by atoms with Crippen molar-refractivity contribution in [3.63, 3.8) is 0 Å². The second kappa shape index (κ2) is 6.90. The average molecular weight is 243 g/mol. The molecule has 1 aliphatic rings. The van der Waals surface area contributed by atoms with Gasteiger partial charge in [0, 0.05) is 18.8 Å². The lowest BCUT2D eigenvalue weighted by Crippen LogP contribution is -2.25. The summed E-state index contributed by atoms with van der Waals surface area (Å²) in [6.07, 6.45) is 12.2. The Morgan fingerprint density at radius 1 is 0.944 bits per heavy atom. The molecule has 18 heavy (non-hydrogen) atoms. The van der Waals surface area contributed by atoms with Gasteiger partial charge in [-0.05, 0) is 43.5 Å². The number of anilines is 1. The summed E-state index contributed by atoms with van der Waals surface area (Å²) in [7, 11) is 1.70. The second-order valence-corrected chi connectivity index (χ2v) is 4.47. The van der Waals surface area contributed by atoms with Crippen molar-refractivity contribution in [2.24, 2.45) is 0 Å². The maximum Gasteiger partial charge on any atom is 0.119 e. The first kappa shape index (κ1) is 12.7. The van der Waals surface area contributed by atoms with Crippen LogP contribution in [0.5, 0.6) is 5.75 Å². The van der Waals surface area contributed by atoms with E-state index in [1.54, 1.807) is 7.11 Å². The van der Waals surface area contributed by atoms with E-state index in [9.17, 15) is 0 Å². The summed E-state index contributed by atoms with van der Waals surface area (Å²) in [5.41, 5.74) is 1.29. The van der Waals surface area contributed by atoms with Gasteiger partial charge in [0.25, 0.3) is 0 Å². The third-order valence-corrected chi connectivity index (χ3v) is 3.19. The smallest absolute Gasteiger partial charge is 0.119 e. The first-order chi connectivity index (χ1) is 8.90. The summed E-state index contributed by atoms with van der Waals surface area (Å²) in [4.78, 5) is 2.45. The lowest BCUT2D eigenvalue weighted by molar-refractivity contribution is 0.415. The zero-order valence-electron chi connectivity index (χ0n) is 11.0. The normalized spacial score (nSPS) is 20.2. The van der Waals surface area contributed by atoms with Crippen LogP contribution in [-0.2, 0) is 0 Å². The number of rotatable bonds is 2. The van der Waals surface area contributed by atoms with Crippen molar-refractivity contribution in [3.05, 3.63) is 48.6 Å². The number of hydrogen-bond donors (Lipinski definition) is 0. The van der Waals surface area contributed by atoms with Gasteiger partial charge in [-0.15, -0.1) is 0 Å². The quantitative estimate of drug-likeness (QED) is 0.783. The molecule has 0 radical (unpaired) electrons. The largest absolute Gasteiger partial charge is 0.497 e. The molecule has 96 valence electrons. The van der Waals surface area contributed by atoms with Crippen LogP contribution in [0.3, 0.4) is 0 Å². The number of benzene rings is 1. The van der Waals surface area contributed by atoms with Crippen molar-refractivity contribution in [2.75, 3.05) is 25.1 Å². The topological polar surface area (TPSA) is 12.5 Å². The van der Waals surface area contributed by atoms with E-state index in [-0.39, 0.29) is 0 Å². The minimum Gasteiger partial charge on any atom is -0.497 e. The van der Waals surface area contributed by atoms with E-state index in [0.717, 1.165) is 31.7 Å². The molecule has 1 heterocycles. The molecule has 0 N–H and O–H groups in total. The Labute approximate surface area is 110 Å². The molecule has 0 amide bonds. The zero-order chi connectivity index (χ0) is 12.6. The minimum absolute atomic E-state index is 0.919. The van der Waals surface area contributed by atoms with Gasteiger partial charge in [-0.3, -0.25) is 0 Å². The molecule has 0 saturated heterocycles. The highest BCUT2D eigenvalue weighted by Gasteiger charge is 2.05. The number of methoxy groups -OCH3 is 1. The number of ether oxygens (including phenoxy) is 1. The van der Waals surface area contributed by atoms with Crippen molar-refractivity contribution in [2.45, 2.75) is 19.3 Å². The molecule has 2 rings (SSSR count). The lowest BCUT2D eigenvalue weighted by Gasteiger charge is -2.24. The molecule has 1 aromatic carbocycles. The van der Waals surface area contributed by atoms with Gasteiger partial charge in [-0.25, -0.2) is 0 Å². The fourth-order valence-corrected chi connectivity index (χ4v) is 2.14. The van der Waals surface area contributed by atoms with Gasteiger partial charge < -0.3 is 9.64 Å². The zero-order valence-corrected chi connectivity index (χ0v) is 11.0. The molecule has 0 spiro atoms. The summed E-state index contributed by atoms with van der Waals surface area (Å²) in [6.45, 7) is 2.20. The molecule has 0 aromatic heterocycles. The maximum atomic E-state index is 5.20. The Kier molecular flexibility index (Phi) is 4.88. The van der Waals surface area contributed by atoms with Crippen LogP contribution >= 0.6 is 0 Å². The summed E-state index contributed by atoms with van der Waals surface area (Å²) >= 11 is 0. The maximum absolute atomic E-state index is 5.20. The van der Waals surface area contributed by atoms with Gasteiger partial charge in [0.2, 0.25) is 0 Å². The predicted octanol–water partition coefficient (Wildman–Crippen LogP) is 3.80. The van der Waals surface area contributed by atoms with Gasteiger partial charge >= 0.3 is 0 Å². The van der Waals surface area contributed by atoms with Crippen LogP contribution in [0.15, 0.2) is 48.6 Å². The summed E-state index contributed by atoms with van der Waals surface area (Å²) < 4.78 is 5.20. The number of allylic oxidation sites excluding steroid dienone is 3. The van der Waals surface area contributed by atoms with Crippen molar-refractivity contribution in [3.8, 4) is 5.75 Å². The lowest BCUT2D eigenvalue weighted by atomic mass is 10.2. The Hall–Kier alpha value is -1.70.